The van der Waals surface area contributed by atoms with E-state index in [0.717, 1.165) is 24.0 Å². The normalized spacial score (nSPS) is 31.3. The molecule has 2 heteroatoms. The highest BCUT2D eigenvalue weighted by Crippen LogP contribution is 2.47. The third kappa shape index (κ3) is 2.74. The van der Waals surface area contributed by atoms with Crippen LogP contribution in [0.5, 0.6) is 0 Å². The number of halogens is 1. The molecule has 0 amide bonds. The standard InChI is InChI=1S/C16H24FN/c1-11-5-13(7-14(17)6-11)16(18)9-12(2)8-15(3,4)10-16/h5-7,12H,8-10,18H2,1-4H3. The van der Waals surface area contributed by atoms with E-state index in [0.29, 0.717) is 5.92 Å². The van der Waals surface area contributed by atoms with Gasteiger partial charge in [-0.05, 0) is 60.8 Å². The second-order valence-electron chi connectivity index (χ2n) is 7.03. The number of benzene rings is 1. The molecule has 100 valence electrons. The second kappa shape index (κ2) is 4.34. The summed E-state index contributed by atoms with van der Waals surface area (Å²) in [5.41, 5.74) is 8.37. The topological polar surface area (TPSA) is 26.0 Å². The van der Waals surface area contributed by atoms with Crippen molar-refractivity contribution in [2.45, 2.75) is 52.5 Å². The van der Waals surface area contributed by atoms with Crippen LogP contribution in [0.4, 0.5) is 4.39 Å². The first-order chi connectivity index (χ1) is 8.20. The third-order valence-electron chi connectivity index (χ3n) is 4.02. The van der Waals surface area contributed by atoms with Gasteiger partial charge in [0.1, 0.15) is 5.82 Å². The van der Waals surface area contributed by atoms with E-state index in [4.69, 9.17) is 5.73 Å². The molecule has 0 heterocycles. The van der Waals surface area contributed by atoms with Crippen molar-refractivity contribution in [3.8, 4) is 0 Å². The van der Waals surface area contributed by atoms with Crippen molar-refractivity contribution < 1.29 is 4.39 Å². The average molecular weight is 249 g/mol. The van der Waals surface area contributed by atoms with Gasteiger partial charge in [0.2, 0.25) is 0 Å². The fourth-order valence-electron chi connectivity index (χ4n) is 3.88. The fraction of sp³-hybridized carbons (Fsp3) is 0.625. The van der Waals surface area contributed by atoms with E-state index < -0.39 is 0 Å². The smallest absolute Gasteiger partial charge is 0.123 e. The first kappa shape index (κ1) is 13.5. The van der Waals surface area contributed by atoms with E-state index in [2.05, 4.69) is 20.8 Å². The highest BCUT2D eigenvalue weighted by molar-refractivity contribution is 5.30. The molecular formula is C16H24FN. The van der Waals surface area contributed by atoms with Gasteiger partial charge in [-0.2, -0.15) is 0 Å². The van der Waals surface area contributed by atoms with Crippen molar-refractivity contribution in [2.24, 2.45) is 17.1 Å². The molecule has 0 bridgehead atoms. The van der Waals surface area contributed by atoms with Crippen LogP contribution in [-0.2, 0) is 5.54 Å². The number of rotatable bonds is 1. The van der Waals surface area contributed by atoms with Crippen molar-refractivity contribution in [3.05, 3.63) is 35.1 Å². The minimum absolute atomic E-state index is 0.175. The summed E-state index contributed by atoms with van der Waals surface area (Å²) >= 11 is 0. The van der Waals surface area contributed by atoms with Crippen LogP contribution in [0.25, 0.3) is 0 Å². The van der Waals surface area contributed by atoms with Gasteiger partial charge in [0.05, 0.1) is 0 Å². The molecule has 18 heavy (non-hydrogen) atoms. The van der Waals surface area contributed by atoms with E-state index >= 15 is 0 Å². The maximum absolute atomic E-state index is 13.6. The average Bonchev–Trinajstić information content (AvgIpc) is 2.11. The van der Waals surface area contributed by atoms with Crippen LogP contribution in [0, 0.1) is 24.1 Å². The molecule has 1 aromatic rings. The van der Waals surface area contributed by atoms with Crippen molar-refractivity contribution in [2.75, 3.05) is 0 Å². The quantitative estimate of drug-likeness (QED) is 0.795. The monoisotopic (exact) mass is 249 g/mol. The minimum atomic E-state index is -0.381. The third-order valence-corrected chi connectivity index (χ3v) is 4.02. The van der Waals surface area contributed by atoms with Crippen LogP contribution < -0.4 is 5.73 Å². The van der Waals surface area contributed by atoms with E-state index in [1.54, 1.807) is 12.1 Å². The van der Waals surface area contributed by atoms with Crippen LogP contribution in [0.2, 0.25) is 0 Å². The number of hydrogen-bond acceptors (Lipinski definition) is 1. The SMILES string of the molecule is Cc1cc(F)cc(C2(N)CC(C)CC(C)(C)C2)c1. The summed E-state index contributed by atoms with van der Waals surface area (Å²) in [6.45, 7) is 8.69. The Morgan fingerprint density at radius 1 is 1.22 bits per heavy atom. The van der Waals surface area contributed by atoms with Crippen LogP contribution in [0.15, 0.2) is 18.2 Å². The molecule has 1 aliphatic carbocycles. The molecule has 0 spiro atoms. The maximum Gasteiger partial charge on any atom is 0.123 e. The van der Waals surface area contributed by atoms with Gasteiger partial charge in [-0.15, -0.1) is 0 Å². The van der Waals surface area contributed by atoms with Crippen molar-refractivity contribution >= 4 is 0 Å². The van der Waals surface area contributed by atoms with Crippen LogP contribution >= 0.6 is 0 Å². The van der Waals surface area contributed by atoms with Gasteiger partial charge in [-0.3, -0.25) is 0 Å². The molecule has 1 saturated carbocycles. The highest BCUT2D eigenvalue weighted by Gasteiger charge is 2.41. The molecule has 1 aliphatic rings. The summed E-state index contributed by atoms with van der Waals surface area (Å²) in [7, 11) is 0. The Labute approximate surface area is 110 Å². The van der Waals surface area contributed by atoms with Crippen LogP contribution in [-0.4, -0.2) is 0 Å². The largest absolute Gasteiger partial charge is 0.321 e. The number of nitrogens with two attached hydrogens (primary N) is 1. The van der Waals surface area contributed by atoms with Gasteiger partial charge < -0.3 is 5.73 Å². The fourth-order valence-corrected chi connectivity index (χ4v) is 3.88. The first-order valence-electron chi connectivity index (χ1n) is 6.77. The molecule has 1 nitrogen and oxygen atoms in total. The maximum atomic E-state index is 13.6. The van der Waals surface area contributed by atoms with E-state index in [9.17, 15) is 4.39 Å². The molecule has 1 fully saturated rings. The Morgan fingerprint density at radius 3 is 2.44 bits per heavy atom. The van der Waals surface area contributed by atoms with Gasteiger partial charge in [-0.25, -0.2) is 4.39 Å². The van der Waals surface area contributed by atoms with Gasteiger partial charge in [-0.1, -0.05) is 26.8 Å². The number of aryl methyl sites for hydroxylation is 1. The molecule has 2 unspecified atom stereocenters. The summed E-state index contributed by atoms with van der Waals surface area (Å²) in [5, 5.41) is 0. The molecule has 2 rings (SSSR count). The molecule has 2 atom stereocenters. The number of hydrogen-bond donors (Lipinski definition) is 1. The lowest BCUT2D eigenvalue weighted by atomic mass is 9.62. The predicted octanol–water partition coefficient (Wildman–Crippen LogP) is 4.13. The van der Waals surface area contributed by atoms with Crippen molar-refractivity contribution in [1.29, 1.82) is 0 Å². The Morgan fingerprint density at radius 2 is 1.89 bits per heavy atom. The lowest BCUT2D eigenvalue weighted by Gasteiger charge is -2.46. The van der Waals surface area contributed by atoms with E-state index in [1.807, 2.05) is 13.0 Å². The molecule has 0 aromatic heterocycles. The lowest BCUT2D eigenvalue weighted by Crippen LogP contribution is -2.46. The second-order valence-corrected chi connectivity index (χ2v) is 7.03. The summed E-state index contributed by atoms with van der Waals surface area (Å²) in [6, 6.07) is 5.21. The van der Waals surface area contributed by atoms with Gasteiger partial charge in [0.15, 0.2) is 0 Å². The lowest BCUT2D eigenvalue weighted by molar-refractivity contribution is 0.107. The molecular weight excluding hydrogens is 225 g/mol. The Bertz CT molecular complexity index is 432. The zero-order valence-corrected chi connectivity index (χ0v) is 11.9. The highest BCUT2D eigenvalue weighted by atomic mass is 19.1. The molecule has 0 saturated heterocycles. The Kier molecular flexibility index (Phi) is 3.26. The molecule has 0 radical (unpaired) electrons. The van der Waals surface area contributed by atoms with Crippen molar-refractivity contribution in [3.63, 3.8) is 0 Å². The van der Waals surface area contributed by atoms with Gasteiger partial charge in [0, 0.05) is 5.54 Å². The Hall–Kier alpha value is -0.890. The first-order valence-corrected chi connectivity index (χ1v) is 6.77. The van der Waals surface area contributed by atoms with Gasteiger partial charge >= 0.3 is 0 Å². The zero-order chi connectivity index (χ0) is 13.6. The van der Waals surface area contributed by atoms with E-state index in [-0.39, 0.29) is 16.8 Å². The van der Waals surface area contributed by atoms with Crippen LogP contribution in [0.1, 0.15) is 51.2 Å². The molecule has 1 aromatic carbocycles. The summed E-state index contributed by atoms with van der Waals surface area (Å²) in [4.78, 5) is 0. The summed E-state index contributed by atoms with van der Waals surface area (Å²) in [5.74, 6) is 0.410. The Balaban J connectivity index is 2.40. The van der Waals surface area contributed by atoms with Crippen LogP contribution in [0.3, 0.4) is 0 Å². The molecule has 2 N–H and O–H groups in total. The van der Waals surface area contributed by atoms with Gasteiger partial charge in [0.25, 0.3) is 0 Å². The minimum Gasteiger partial charge on any atom is -0.321 e. The molecule has 0 aliphatic heterocycles. The summed E-state index contributed by atoms with van der Waals surface area (Å²) in [6.07, 6.45) is 3.06. The van der Waals surface area contributed by atoms with Crippen molar-refractivity contribution in [1.82, 2.24) is 0 Å². The predicted molar refractivity (Wildman–Crippen MR) is 73.8 cm³/mol. The zero-order valence-electron chi connectivity index (χ0n) is 11.9. The summed E-state index contributed by atoms with van der Waals surface area (Å²) < 4.78 is 13.6. The van der Waals surface area contributed by atoms with E-state index in [1.165, 1.54) is 6.42 Å².